The fourth-order valence-electron chi connectivity index (χ4n) is 4.63. The monoisotopic (exact) mass is 357 g/mol. The first kappa shape index (κ1) is 17.3. The van der Waals surface area contributed by atoms with Crippen LogP contribution in [0, 0.1) is 0 Å². The van der Waals surface area contributed by atoms with Crippen LogP contribution in [0.25, 0.3) is 0 Å². The summed E-state index contributed by atoms with van der Waals surface area (Å²) in [6.45, 7) is 4.04. The molecule has 0 unspecified atom stereocenters. The number of carbonyl (C=O) groups excluding carboxylic acids is 2. The molecular formula is C20H27N3O3. The standard InChI is InChI=1S/C20H27N3O3/c1-21-18(24)17(16-5-3-2-4-6-16)15-20(21)7-9-22(10-8-20)19(25)23-11-13-26-14-12-23/h2-6,17H,7-15H2,1H3/t17-/m0/s1. The molecule has 3 aliphatic heterocycles. The molecule has 4 rings (SSSR count). The van der Waals surface area contributed by atoms with Gasteiger partial charge in [-0.3, -0.25) is 4.79 Å². The normalized spacial score (nSPS) is 25.8. The van der Waals surface area contributed by atoms with Gasteiger partial charge in [0.1, 0.15) is 0 Å². The summed E-state index contributed by atoms with van der Waals surface area (Å²) in [5.74, 6) is 0.159. The Morgan fingerprint density at radius 3 is 2.31 bits per heavy atom. The number of ether oxygens (including phenoxy) is 1. The summed E-state index contributed by atoms with van der Waals surface area (Å²) in [6, 6.07) is 10.2. The number of likely N-dealkylation sites (tertiary alicyclic amines) is 2. The number of amides is 3. The van der Waals surface area contributed by atoms with Gasteiger partial charge in [-0.1, -0.05) is 30.3 Å². The molecule has 0 bridgehead atoms. The Bertz CT molecular complexity index is 664. The summed E-state index contributed by atoms with van der Waals surface area (Å²) in [5.41, 5.74) is 0.993. The lowest BCUT2D eigenvalue weighted by atomic mass is 9.81. The number of benzene rings is 1. The molecule has 140 valence electrons. The number of rotatable bonds is 1. The van der Waals surface area contributed by atoms with Crippen LogP contribution >= 0.6 is 0 Å². The number of hydrogen-bond acceptors (Lipinski definition) is 3. The number of likely N-dealkylation sites (N-methyl/N-ethyl adjacent to an activating group) is 1. The third kappa shape index (κ3) is 2.96. The van der Waals surface area contributed by atoms with Crippen molar-refractivity contribution in [3.05, 3.63) is 35.9 Å². The summed E-state index contributed by atoms with van der Waals surface area (Å²) in [4.78, 5) is 31.4. The minimum absolute atomic E-state index is 0.0531. The average molecular weight is 357 g/mol. The van der Waals surface area contributed by atoms with E-state index in [-0.39, 0.29) is 23.4 Å². The van der Waals surface area contributed by atoms with Crippen molar-refractivity contribution in [2.75, 3.05) is 46.4 Å². The van der Waals surface area contributed by atoms with E-state index in [0.717, 1.165) is 37.9 Å². The Hall–Kier alpha value is -2.08. The van der Waals surface area contributed by atoms with Crippen molar-refractivity contribution < 1.29 is 14.3 Å². The number of urea groups is 1. The molecule has 0 radical (unpaired) electrons. The van der Waals surface area contributed by atoms with Gasteiger partial charge >= 0.3 is 6.03 Å². The molecule has 0 N–H and O–H groups in total. The Morgan fingerprint density at radius 2 is 1.65 bits per heavy atom. The summed E-state index contributed by atoms with van der Waals surface area (Å²) >= 11 is 0. The van der Waals surface area contributed by atoms with E-state index in [1.807, 2.05) is 52.1 Å². The van der Waals surface area contributed by atoms with Gasteiger partial charge in [-0.2, -0.15) is 0 Å². The molecule has 6 nitrogen and oxygen atoms in total. The van der Waals surface area contributed by atoms with Crippen molar-refractivity contribution in [2.45, 2.75) is 30.7 Å². The third-order valence-corrected chi connectivity index (χ3v) is 6.37. The highest BCUT2D eigenvalue weighted by molar-refractivity contribution is 5.87. The molecule has 0 aliphatic carbocycles. The van der Waals surface area contributed by atoms with Gasteiger partial charge in [0.15, 0.2) is 0 Å². The van der Waals surface area contributed by atoms with E-state index in [0.29, 0.717) is 26.3 Å². The van der Waals surface area contributed by atoms with Gasteiger partial charge in [0, 0.05) is 38.8 Å². The average Bonchev–Trinajstić information content (AvgIpc) is 2.95. The second kappa shape index (κ2) is 6.91. The van der Waals surface area contributed by atoms with E-state index in [1.165, 1.54) is 0 Å². The van der Waals surface area contributed by atoms with Crippen LogP contribution in [0.5, 0.6) is 0 Å². The minimum atomic E-state index is -0.112. The molecule has 0 saturated carbocycles. The highest BCUT2D eigenvalue weighted by Crippen LogP contribution is 2.44. The van der Waals surface area contributed by atoms with Gasteiger partial charge < -0.3 is 19.4 Å². The zero-order valence-corrected chi connectivity index (χ0v) is 15.4. The van der Waals surface area contributed by atoms with Crippen LogP contribution in [0.4, 0.5) is 4.79 Å². The lowest BCUT2D eigenvalue weighted by molar-refractivity contribution is -0.131. The number of carbonyl (C=O) groups is 2. The molecule has 1 aromatic rings. The van der Waals surface area contributed by atoms with Gasteiger partial charge in [-0.25, -0.2) is 4.79 Å². The fourth-order valence-corrected chi connectivity index (χ4v) is 4.63. The lowest BCUT2D eigenvalue weighted by Gasteiger charge is -2.44. The van der Waals surface area contributed by atoms with Crippen LogP contribution in [0.15, 0.2) is 30.3 Å². The van der Waals surface area contributed by atoms with E-state index >= 15 is 0 Å². The summed E-state index contributed by atoms with van der Waals surface area (Å²) in [7, 11) is 1.94. The van der Waals surface area contributed by atoms with Crippen LogP contribution in [-0.2, 0) is 9.53 Å². The van der Waals surface area contributed by atoms with Crippen molar-refractivity contribution >= 4 is 11.9 Å². The van der Waals surface area contributed by atoms with E-state index in [9.17, 15) is 9.59 Å². The van der Waals surface area contributed by atoms with Crippen LogP contribution < -0.4 is 0 Å². The first-order valence-electron chi connectivity index (χ1n) is 9.55. The van der Waals surface area contributed by atoms with Gasteiger partial charge in [0.05, 0.1) is 19.1 Å². The SMILES string of the molecule is CN1C(=O)[C@H](c2ccccc2)CC12CCN(C(=O)N1CCOCC1)CC2. The minimum Gasteiger partial charge on any atom is -0.378 e. The molecule has 3 aliphatic rings. The molecule has 26 heavy (non-hydrogen) atoms. The Balaban J connectivity index is 1.43. The number of hydrogen-bond donors (Lipinski definition) is 0. The van der Waals surface area contributed by atoms with Crippen LogP contribution in [0.3, 0.4) is 0 Å². The van der Waals surface area contributed by atoms with E-state index in [4.69, 9.17) is 4.74 Å². The van der Waals surface area contributed by atoms with Crippen molar-refractivity contribution in [3.63, 3.8) is 0 Å². The number of nitrogens with zero attached hydrogens (tertiary/aromatic N) is 3. The van der Waals surface area contributed by atoms with E-state index < -0.39 is 0 Å². The van der Waals surface area contributed by atoms with Crippen LogP contribution in [0.2, 0.25) is 0 Å². The number of piperidine rings is 1. The third-order valence-electron chi connectivity index (χ3n) is 6.37. The molecule has 3 saturated heterocycles. The highest BCUT2D eigenvalue weighted by atomic mass is 16.5. The number of morpholine rings is 1. The molecule has 1 atom stereocenters. The highest BCUT2D eigenvalue weighted by Gasteiger charge is 2.51. The van der Waals surface area contributed by atoms with Crippen molar-refractivity contribution in [2.24, 2.45) is 0 Å². The Labute approximate surface area is 154 Å². The molecule has 1 spiro atoms. The largest absolute Gasteiger partial charge is 0.378 e. The zero-order chi connectivity index (χ0) is 18.1. The summed E-state index contributed by atoms with van der Waals surface area (Å²) < 4.78 is 5.34. The predicted octanol–water partition coefficient (Wildman–Crippen LogP) is 1.92. The smallest absolute Gasteiger partial charge is 0.320 e. The van der Waals surface area contributed by atoms with Crippen molar-refractivity contribution in [1.29, 1.82) is 0 Å². The van der Waals surface area contributed by atoms with Gasteiger partial charge in [0.25, 0.3) is 0 Å². The van der Waals surface area contributed by atoms with E-state index in [1.54, 1.807) is 0 Å². The van der Waals surface area contributed by atoms with Crippen LogP contribution in [-0.4, -0.2) is 78.6 Å². The molecule has 6 heteroatoms. The molecule has 3 amide bonds. The molecule has 3 fully saturated rings. The maximum Gasteiger partial charge on any atom is 0.320 e. The quantitative estimate of drug-likeness (QED) is 0.772. The zero-order valence-electron chi connectivity index (χ0n) is 15.4. The first-order chi connectivity index (χ1) is 12.6. The topological polar surface area (TPSA) is 53.1 Å². The molecular weight excluding hydrogens is 330 g/mol. The molecule has 3 heterocycles. The van der Waals surface area contributed by atoms with Gasteiger partial charge in [-0.15, -0.1) is 0 Å². The second-order valence-corrected chi connectivity index (χ2v) is 7.66. The molecule has 0 aromatic heterocycles. The van der Waals surface area contributed by atoms with Crippen molar-refractivity contribution in [3.8, 4) is 0 Å². The van der Waals surface area contributed by atoms with Gasteiger partial charge in [-0.05, 0) is 24.8 Å². The Kier molecular flexibility index (Phi) is 4.61. The maximum absolute atomic E-state index is 12.9. The first-order valence-corrected chi connectivity index (χ1v) is 9.55. The summed E-state index contributed by atoms with van der Waals surface area (Å²) in [5, 5.41) is 0. The second-order valence-electron chi connectivity index (χ2n) is 7.66. The Morgan fingerprint density at radius 1 is 1.04 bits per heavy atom. The summed E-state index contributed by atoms with van der Waals surface area (Å²) in [6.07, 6.45) is 2.56. The van der Waals surface area contributed by atoms with Gasteiger partial charge in [0.2, 0.25) is 5.91 Å². The lowest BCUT2D eigenvalue weighted by Crippen LogP contribution is -2.56. The van der Waals surface area contributed by atoms with Crippen LogP contribution in [0.1, 0.15) is 30.7 Å². The predicted molar refractivity (Wildman–Crippen MR) is 97.9 cm³/mol. The maximum atomic E-state index is 12.9. The fraction of sp³-hybridized carbons (Fsp3) is 0.600. The van der Waals surface area contributed by atoms with Crippen molar-refractivity contribution in [1.82, 2.24) is 14.7 Å². The van der Waals surface area contributed by atoms with E-state index in [2.05, 4.69) is 0 Å². The molecule has 1 aromatic carbocycles.